The van der Waals surface area contributed by atoms with E-state index in [1.165, 1.54) is 32.2 Å². The number of rotatable bonds is 8. The summed E-state index contributed by atoms with van der Waals surface area (Å²) in [6.45, 7) is 2.40. The van der Waals surface area contributed by atoms with E-state index in [9.17, 15) is 4.79 Å². The van der Waals surface area contributed by atoms with Gasteiger partial charge < -0.3 is 10.0 Å². The summed E-state index contributed by atoms with van der Waals surface area (Å²) in [4.78, 5) is 13.0. The normalized spacial score (nSPS) is 20.9. The maximum absolute atomic E-state index is 10.4. The smallest absolute Gasteiger partial charge is 0.303 e. The molecular formula is C12H21NO2. The summed E-state index contributed by atoms with van der Waals surface area (Å²) >= 11 is 0. The quantitative estimate of drug-likeness (QED) is 0.625. The second-order valence-electron chi connectivity index (χ2n) is 5.02. The molecule has 0 heterocycles. The van der Waals surface area contributed by atoms with Crippen LogP contribution in [0.25, 0.3) is 0 Å². The lowest BCUT2D eigenvalue weighted by atomic mass is 10.2. The highest BCUT2D eigenvalue weighted by molar-refractivity contribution is 5.66. The molecule has 3 heteroatoms. The molecule has 2 aliphatic carbocycles. The van der Waals surface area contributed by atoms with Crippen molar-refractivity contribution in [2.45, 2.75) is 51.0 Å². The van der Waals surface area contributed by atoms with Crippen LogP contribution in [-0.2, 0) is 4.79 Å². The number of unbranched alkanes of at least 4 members (excludes halogenated alkanes) is 1. The van der Waals surface area contributed by atoms with E-state index in [1.807, 2.05) is 0 Å². The molecular weight excluding hydrogens is 190 g/mol. The van der Waals surface area contributed by atoms with E-state index < -0.39 is 5.97 Å². The van der Waals surface area contributed by atoms with Crippen molar-refractivity contribution in [3.8, 4) is 0 Å². The SMILES string of the molecule is O=C(O)CCCCN(CC1CC1)C1CC1. The average molecular weight is 211 g/mol. The Hall–Kier alpha value is -0.570. The number of aliphatic carboxylic acids is 1. The third-order valence-electron chi connectivity index (χ3n) is 3.34. The van der Waals surface area contributed by atoms with Gasteiger partial charge in [0.05, 0.1) is 0 Å². The molecule has 2 aliphatic rings. The van der Waals surface area contributed by atoms with Crippen molar-refractivity contribution in [1.82, 2.24) is 4.90 Å². The highest BCUT2D eigenvalue weighted by Gasteiger charge is 2.32. The summed E-state index contributed by atoms with van der Waals surface area (Å²) in [5.74, 6) is 0.306. The van der Waals surface area contributed by atoms with Crippen LogP contribution >= 0.6 is 0 Å². The summed E-state index contributed by atoms with van der Waals surface area (Å²) in [7, 11) is 0. The van der Waals surface area contributed by atoms with Crippen LogP contribution in [-0.4, -0.2) is 35.1 Å². The minimum atomic E-state index is -0.657. The van der Waals surface area contributed by atoms with Crippen molar-refractivity contribution >= 4 is 5.97 Å². The number of hydrogen-bond donors (Lipinski definition) is 1. The predicted octanol–water partition coefficient (Wildman–Crippen LogP) is 2.12. The minimum Gasteiger partial charge on any atom is -0.481 e. The highest BCUT2D eigenvalue weighted by atomic mass is 16.4. The second-order valence-corrected chi connectivity index (χ2v) is 5.02. The number of carbonyl (C=O) groups is 1. The molecule has 0 bridgehead atoms. The Morgan fingerprint density at radius 2 is 1.93 bits per heavy atom. The molecule has 2 rings (SSSR count). The van der Waals surface area contributed by atoms with Gasteiger partial charge in [0, 0.05) is 19.0 Å². The van der Waals surface area contributed by atoms with Gasteiger partial charge >= 0.3 is 5.97 Å². The molecule has 86 valence electrons. The Morgan fingerprint density at radius 3 is 2.47 bits per heavy atom. The standard InChI is InChI=1S/C12H21NO2/c14-12(15)3-1-2-8-13(11-6-7-11)9-10-4-5-10/h10-11H,1-9H2,(H,14,15). The monoisotopic (exact) mass is 211 g/mol. The fourth-order valence-electron chi connectivity index (χ4n) is 2.09. The Balaban J connectivity index is 1.58. The number of nitrogens with zero attached hydrogens (tertiary/aromatic N) is 1. The lowest BCUT2D eigenvalue weighted by Crippen LogP contribution is -2.29. The van der Waals surface area contributed by atoms with Crippen molar-refractivity contribution in [1.29, 1.82) is 0 Å². The summed E-state index contributed by atoms with van der Waals surface area (Å²) in [5, 5.41) is 8.54. The zero-order chi connectivity index (χ0) is 10.7. The summed E-state index contributed by atoms with van der Waals surface area (Å²) in [5.41, 5.74) is 0. The Morgan fingerprint density at radius 1 is 1.20 bits per heavy atom. The van der Waals surface area contributed by atoms with Crippen LogP contribution in [0.1, 0.15) is 44.9 Å². The van der Waals surface area contributed by atoms with Crippen LogP contribution in [0.3, 0.4) is 0 Å². The van der Waals surface area contributed by atoms with E-state index in [0.717, 1.165) is 31.3 Å². The van der Waals surface area contributed by atoms with Crippen molar-refractivity contribution in [2.24, 2.45) is 5.92 Å². The van der Waals surface area contributed by atoms with Crippen LogP contribution in [0, 0.1) is 5.92 Å². The molecule has 2 fully saturated rings. The molecule has 0 aromatic heterocycles. The van der Waals surface area contributed by atoms with Gasteiger partial charge in [0.25, 0.3) is 0 Å². The predicted molar refractivity (Wildman–Crippen MR) is 58.8 cm³/mol. The van der Waals surface area contributed by atoms with Gasteiger partial charge in [0.15, 0.2) is 0 Å². The molecule has 2 saturated carbocycles. The van der Waals surface area contributed by atoms with Gasteiger partial charge in [0.2, 0.25) is 0 Å². The number of carboxylic acids is 1. The van der Waals surface area contributed by atoms with Gasteiger partial charge in [-0.05, 0) is 51.0 Å². The first kappa shape index (κ1) is 10.9. The Labute approximate surface area is 91.5 Å². The first-order chi connectivity index (χ1) is 7.25. The molecule has 0 amide bonds. The lowest BCUT2D eigenvalue weighted by Gasteiger charge is -2.21. The van der Waals surface area contributed by atoms with Crippen LogP contribution in [0.2, 0.25) is 0 Å². The first-order valence-corrected chi connectivity index (χ1v) is 6.21. The number of hydrogen-bond acceptors (Lipinski definition) is 2. The molecule has 15 heavy (non-hydrogen) atoms. The van der Waals surface area contributed by atoms with E-state index in [2.05, 4.69) is 4.90 Å². The molecule has 0 unspecified atom stereocenters. The summed E-state index contributed by atoms with van der Waals surface area (Å²) in [6.07, 6.45) is 7.79. The summed E-state index contributed by atoms with van der Waals surface area (Å²) < 4.78 is 0. The van der Waals surface area contributed by atoms with E-state index in [4.69, 9.17) is 5.11 Å². The first-order valence-electron chi connectivity index (χ1n) is 6.21. The molecule has 0 aromatic rings. The van der Waals surface area contributed by atoms with Crippen molar-refractivity contribution in [3.05, 3.63) is 0 Å². The fraction of sp³-hybridized carbons (Fsp3) is 0.917. The Kier molecular flexibility index (Phi) is 3.62. The van der Waals surface area contributed by atoms with Crippen LogP contribution in [0.5, 0.6) is 0 Å². The molecule has 1 N–H and O–H groups in total. The maximum atomic E-state index is 10.4. The van der Waals surface area contributed by atoms with Gasteiger partial charge in [-0.25, -0.2) is 0 Å². The second kappa shape index (κ2) is 4.97. The van der Waals surface area contributed by atoms with Gasteiger partial charge in [0.1, 0.15) is 0 Å². The third-order valence-corrected chi connectivity index (χ3v) is 3.34. The maximum Gasteiger partial charge on any atom is 0.303 e. The average Bonchev–Trinajstić information content (AvgIpc) is 3.00. The Bertz CT molecular complexity index is 222. The van der Waals surface area contributed by atoms with Gasteiger partial charge in [-0.1, -0.05) is 0 Å². The van der Waals surface area contributed by atoms with Crippen molar-refractivity contribution < 1.29 is 9.90 Å². The van der Waals surface area contributed by atoms with E-state index in [1.54, 1.807) is 0 Å². The topological polar surface area (TPSA) is 40.5 Å². The zero-order valence-corrected chi connectivity index (χ0v) is 9.32. The van der Waals surface area contributed by atoms with E-state index in [0.29, 0.717) is 6.42 Å². The third kappa shape index (κ3) is 4.20. The molecule has 0 radical (unpaired) electrons. The van der Waals surface area contributed by atoms with E-state index >= 15 is 0 Å². The molecule has 3 nitrogen and oxygen atoms in total. The highest BCUT2D eigenvalue weighted by Crippen LogP contribution is 2.34. The van der Waals surface area contributed by atoms with Gasteiger partial charge in [-0.2, -0.15) is 0 Å². The van der Waals surface area contributed by atoms with Crippen LogP contribution in [0.4, 0.5) is 0 Å². The molecule has 0 spiro atoms. The molecule has 0 aliphatic heterocycles. The fourth-order valence-corrected chi connectivity index (χ4v) is 2.09. The van der Waals surface area contributed by atoms with Crippen molar-refractivity contribution in [3.63, 3.8) is 0 Å². The van der Waals surface area contributed by atoms with Gasteiger partial charge in [-0.3, -0.25) is 4.79 Å². The largest absolute Gasteiger partial charge is 0.481 e. The number of carboxylic acid groups (broad SMARTS) is 1. The summed E-state index contributed by atoms with van der Waals surface area (Å²) in [6, 6.07) is 0.843. The zero-order valence-electron chi connectivity index (χ0n) is 9.32. The van der Waals surface area contributed by atoms with E-state index in [-0.39, 0.29) is 0 Å². The van der Waals surface area contributed by atoms with Crippen molar-refractivity contribution in [2.75, 3.05) is 13.1 Å². The van der Waals surface area contributed by atoms with Crippen LogP contribution in [0.15, 0.2) is 0 Å². The molecule has 0 aromatic carbocycles. The van der Waals surface area contributed by atoms with Crippen LogP contribution < -0.4 is 0 Å². The molecule has 0 atom stereocenters. The lowest BCUT2D eigenvalue weighted by molar-refractivity contribution is -0.137. The van der Waals surface area contributed by atoms with Gasteiger partial charge in [-0.15, -0.1) is 0 Å². The molecule has 0 saturated heterocycles. The minimum absolute atomic E-state index is 0.335.